The third-order valence-corrected chi connectivity index (χ3v) is 5.23. The van der Waals surface area contributed by atoms with E-state index < -0.39 is 0 Å². The summed E-state index contributed by atoms with van der Waals surface area (Å²) < 4.78 is 5.68. The van der Waals surface area contributed by atoms with E-state index in [1.54, 1.807) is 0 Å². The van der Waals surface area contributed by atoms with Crippen molar-refractivity contribution >= 4 is 6.09 Å². The number of rotatable bonds is 5. The molecule has 2 heterocycles. The van der Waals surface area contributed by atoms with Crippen molar-refractivity contribution in [3.63, 3.8) is 0 Å². The van der Waals surface area contributed by atoms with Crippen LogP contribution in [0.5, 0.6) is 0 Å². The molecule has 0 unspecified atom stereocenters. The zero-order chi connectivity index (χ0) is 17.1. The monoisotopic (exact) mass is 336 g/mol. The van der Waals surface area contributed by atoms with Crippen LogP contribution in [0.4, 0.5) is 4.79 Å². The van der Waals surface area contributed by atoms with E-state index in [0.717, 1.165) is 39.0 Å². The summed E-state index contributed by atoms with van der Waals surface area (Å²) in [5, 5.41) is 0. The Morgan fingerprint density at radius 2 is 1.64 bits per heavy atom. The summed E-state index contributed by atoms with van der Waals surface area (Å²) in [4.78, 5) is 16.6. The first-order valence-corrected chi connectivity index (χ1v) is 9.07. The fraction of sp³-hybridized carbons (Fsp3) is 0.381. The highest BCUT2D eigenvalue weighted by Gasteiger charge is 2.44. The molecular formula is C21H24N2O2. The van der Waals surface area contributed by atoms with Gasteiger partial charge in [-0.25, -0.2) is 4.79 Å². The minimum Gasteiger partial charge on any atom is -0.443 e. The Balaban J connectivity index is 1.35. The molecule has 2 aromatic carbocycles. The Bertz CT molecular complexity index is 704. The number of fused-ring (bicyclic) bond motifs is 1. The molecule has 0 aliphatic carbocycles. The maximum atomic E-state index is 12.3. The minimum absolute atomic E-state index is 0.000681. The SMILES string of the molecule is O=C1O[C@H]2CN(Cc3ccccc3)CC[C@@H]2N1CCc1ccccc1. The molecule has 2 atom stereocenters. The first-order valence-electron chi connectivity index (χ1n) is 9.07. The quantitative estimate of drug-likeness (QED) is 0.840. The Kier molecular flexibility index (Phi) is 4.70. The van der Waals surface area contributed by atoms with E-state index in [1.165, 1.54) is 11.1 Å². The molecule has 4 nitrogen and oxygen atoms in total. The van der Waals surface area contributed by atoms with Crippen molar-refractivity contribution in [2.45, 2.75) is 31.5 Å². The smallest absolute Gasteiger partial charge is 0.410 e. The molecule has 0 radical (unpaired) electrons. The zero-order valence-electron chi connectivity index (χ0n) is 14.4. The molecule has 2 aromatic rings. The largest absolute Gasteiger partial charge is 0.443 e. The number of piperidine rings is 1. The van der Waals surface area contributed by atoms with Crippen molar-refractivity contribution in [2.75, 3.05) is 19.6 Å². The van der Waals surface area contributed by atoms with Crippen LogP contribution in [0.2, 0.25) is 0 Å². The first kappa shape index (κ1) is 16.2. The van der Waals surface area contributed by atoms with Crippen molar-refractivity contribution in [3.05, 3.63) is 71.8 Å². The van der Waals surface area contributed by atoms with Gasteiger partial charge in [0.15, 0.2) is 0 Å². The van der Waals surface area contributed by atoms with Gasteiger partial charge in [0.1, 0.15) is 6.10 Å². The highest BCUT2D eigenvalue weighted by atomic mass is 16.6. The van der Waals surface area contributed by atoms with Crippen LogP contribution in [0.15, 0.2) is 60.7 Å². The third kappa shape index (κ3) is 3.69. The number of nitrogens with zero attached hydrogens (tertiary/aromatic N) is 2. The van der Waals surface area contributed by atoms with E-state index in [0.29, 0.717) is 0 Å². The van der Waals surface area contributed by atoms with Gasteiger partial charge in [0, 0.05) is 26.2 Å². The number of hydrogen-bond donors (Lipinski definition) is 0. The molecule has 0 bridgehead atoms. The Labute approximate surface area is 149 Å². The van der Waals surface area contributed by atoms with E-state index in [2.05, 4.69) is 41.3 Å². The van der Waals surface area contributed by atoms with Gasteiger partial charge in [0.2, 0.25) is 0 Å². The summed E-state index contributed by atoms with van der Waals surface area (Å²) in [5.41, 5.74) is 2.58. The van der Waals surface area contributed by atoms with Crippen molar-refractivity contribution in [1.29, 1.82) is 0 Å². The van der Waals surface area contributed by atoms with Crippen molar-refractivity contribution in [2.24, 2.45) is 0 Å². The highest BCUT2D eigenvalue weighted by molar-refractivity contribution is 5.70. The average molecular weight is 336 g/mol. The third-order valence-electron chi connectivity index (χ3n) is 5.23. The van der Waals surface area contributed by atoms with E-state index in [9.17, 15) is 4.79 Å². The summed E-state index contributed by atoms with van der Waals surface area (Å²) in [6, 6.07) is 21.0. The maximum Gasteiger partial charge on any atom is 0.410 e. The van der Waals surface area contributed by atoms with Crippen molar-refractivity contribution < 1.29 is 9.53 Å². The van der Waals surface area contributed by atoms with Gasteiger partial charge >= 0.3 is 6.09 Å². The van der Waals surface area contributed by atoms with E-state index in [-0.39, 0.29) is 18.2 Å². The van der Waals surface area contributed by atoms with Crippen LogP contribution in [0.1, 0.15) is 17.5 Å². The van der Waals surface area contributed by atoms with Gasteiger partial charge < -0.3 is 9.64 Å². The fourth-order valence-corrected chi connectivity index (χ4v) is 3.91. The summed E-state index contributed by atoms with van der Waals surface area (Å²) >= 11 is 0. The molecule has 2 saturated heterocycles. The number of carbonyl (C=O) groups is 1. The topological polar surface area (TPSA) is 32.8 Å². The molecular weight excluding hydrogens is 312 g/mol. The predicted molar refractivity (Wildman–Crippen MR) is 97.2 cm³/mol. The number of carbonyl (C=O) groups excluding carboxylic acids is 1. The highest BCUT2D eigenvalue weighted by Crippen LogP contribution is 2.28. The first-order chi connectivity index (χ1) is 12.3. The predicted octanol–water partition coefficient (Wildman–Crippen LogP) is 3.32. The number of hydrogen-bond acceptors (Lipinski definition) is 3. The second kappa shape index (κ2) is 7.28. The molecule has 2 fully saturated rings. The molecule has 2 aliphatic heterocycles. The lowest BCUT2D eigenvalue weighted by molar-refractivity contribution is 0.0625. The normalized spacial score (nSPS) is 23.4. The van der Waals surface area contributed by atoms with Crippen LogP contribution in [0.25, 0.3) is 0 Å². The Morgan fingerprint density at radius 1 is 0.960 bits per heavy atom. The minimum atomic E-state index is -0.146. The molecule has 4 heteroatoms. The number of benzene rings is 2. The standard InChI is InChI=1S/C21H24N2O2/c24-21-23(14-11-17-7-3-1-4-8-17)19-12-13-22(16-20(19)25-21)15-18-9-5-2-6-10-18/h1-10,19-20H,11-16H2/t19-,20-/m0/s1. The van der Waals surface area contributed by atoms with E-state index >= 15 is 0 Å². The molecule has 0 N–H and O–H groups in total. The van der Waals surface area contributed by atoms with E-state index in [1.807, 2.05) is 29.2 Å². The summed E-state index contributed by atoms with van der Waals surface area (Å²) in [6.07, 6.45) is 1.72. The number of likely N-dealkylation sites (tertiary alicyclic amines) is 1. The number of amides is 1. The molecule has 0 spiro atoms. The second-order valence-corrected chi connectivity index (χ2v) is 6.93. The zero-order valence-corrected chi connectivity index (χ0v) is 14.4. The van der Waals surface area contributed by atoms with E-state index in [4.69, 9.17) is 4.74 Å². The molecule has 0 saturated carbocycles. The fourth-order valence-electron chi connectivity index (χ4n) is 3.91. The van der Waals surface area contributed by atoms with Crippen molar-refractivity contribution in [3.8, 4) is 0 Å². The van der Waals surface area contributed by atoms with Gasteiger partial charge in [-0.3, -0.25) is 4.90 Å². The summed E-state index contributed by atoms with van der Waals surface area (Å²) in [7, 11) is 0. The molecule has 25 heavy (non-hydrogen) atoms. The van der Waals surface area contributed by atoms with Crippen LogP contribution < -0.4 is 0 Å². The van der Waals surface area contributed by atoms with Gasteiger partial charge in [-0.15, -0.1) is 0 Å². The second-order valence-electron chi connectivity index (χ2n) is 6.93. The molecule has 130 valence electrons. The van der Waals surface area contributed by atoms with Crippen LogP contribution in [0, 0.1) is 0 Å². The molecule has 1 amide bonds. The van der Waals surface area contributed by atoms with Crippen LogP contribution in [0.3, 0.4) is 0 Å². The van der Waals surface area contributed by atoms with Crippen LogP contribution in [-0.2, 0) is 17.7 Å². The Hall–Kier alpha value is -2.33. The van der Waals surface area contributed by atoms with Crippen molar-refractivity contribution in [1.82, 2.24) is 9.80 Å². The summed E-state index contributed by atoms with van der Waals surface area (Å²) in [5.74, 6) is 0. The van der Waals surface area contributed by atoms with Gasteiger partial charge in [-0.05, 0) is 24.0 Å². The lowest BCUT2D eigenvalue weighted by atomic mass is 10.00. The van der Waals surface area contributed by atoms with Gasteiger partial charge in [-0.2, -0.15) is 0 Å². The van der Waals surface area contributed by atoms with Gasteiger partial charge in [-0.1, -0.05) is 60.7 Å². The maximum absolute atomic E-state index is 12.3. The molecule has 0 aromatic heterocycles. The lowest BCUT2D eigenvalue weighted by Crippen LogP contribution is -2.49. The number of ether oxygens (including phenoxy) is 1. The lowest BCUT2D eigenvalue weighted by Gasteiger charge is -2.35. The molecule has 2 aliphatic rings. The Morgan fingerprint density at radius 3 is 2.36 bits per heavy atom. The van der Waals surface area contributed by atoms with Crippen LogP contribution in [-0.4, -0.2) is 47.7 Å². The van der Waals surface area contributed by atoms with Gasteiger partial charge in [0.05, 0.1) is 6.04 Å². The van der Waals surface area contributed by atoms with Crippen LogP contribution >= 0.6 is 0 Å². The average Bonchev–Trinajstić information content (AvgIpc) is 2.96. The van der Waals surface area contributed by atoms with Gasteiger partial charge in [0.25, 0.3) is 0 Å². The molecule has 4 rings (SSSR count). The summed E-state index contributed by atoms with van der Waals surface area (Å²) in [6.45, 7) is 3.50.